The first-order valence-corrected chi connectivity index (χ1v) is 10.8. The van der Waals surface area contributed by atoms with Crippen molar-refractivity contribution in [2.75, 3.05) is 45.9 Å². The van der Waals surface area contributed by atoms with Gasteiger partial charge in [-0.15, -0.1) is 11.8 Å². The van der Waals surface area contributed by atoms with Crippen LogP contribution in [0.5, 0.6) is 0 Å². The Morgan fingerprint density at radius 1 is 1.19 bits per heavy atom. The Hall–Kier alpha value is -2.42. The van der Waals surface area contributed by atoms with E-state index in [1.54, 1.807) is 21.1 Å². The molecule has 0 aliphatic carbocycles. The third-order valence-corrected chi connectivity index (χ3v) is 4.63. The van der Waals surface area contributed by atoms with Gasteiger partial charge in [-0.05, 0) is 6.42 Å². The topological polar surface area (TPSA) is 208 Å². The molecule has 0 fully saturated rings. The van der Waals surface area contributed by atoms with Crippen molar-refractivity contribution in [2.24, 2.45) is 5.73 Å². The molecule has 3 unspecified atom stereocenters. The molecule has 2 amide bonds. The smallest absolute Gasteiger partial charge is 0.325 e. The Labute approximate surface area is 190 Å². The first kappa shape index (κ1) is 29.6. The second-order valence-corrected chi connectivity index (χ2v) is 8.98. The van der Waals surface area contributed by atoms with Gasteiger partial charge in [-0.3, -0.25) is 19.2 Å². The number of carboxylic acid groups (broad SMARTS) is 2. The van der Waals surface area contributed by atoms with E-state index in [2.05, 4.69) is 10.6 Å². The average Bonchev–Trinajstić information content (AvgIpc) is 2.65. The normalized spacial score (nSPS) is 14.0. The molecule has 14 heteroatoms. The van der Waals surface area contributed by atoms with Gasteiger partial charge in [-0.2, -0.15) is 0 Å². The molecule has 32 heavy (non-hydrogen) atoms. The Morgan fingerprint density at radius 2 is 1.81 bits per heavy atom. The van der Waals surface area contributed by atoms with E-state index in [-0.39, 0.29) is 31.1 Å². The van der Waals surface area contributed by atoms with E-state index in [0.29, 0.717) is 4.48 Å². The van der Waals surface area contributed by atoms with Crippen LogP contribution < -0.4 is 21.5 Å². The molecule has 6 N–H and O–H groups in total. The number of likely N-dealkylation sites (N-methyl/N-ethyl adjacent to an activating group) is 1. The number of nitrogens with one attached hydrogen (secondary N) is 2. The molecule has 0 heterocycles. The molecule has 0 saturated carbocycles. The van der Waals surface area contributed by atoms with Gasteiger partial charge in [-0.25, -0.2) is 0 Å². The number of aliphatic carboxylic acids is 2. The highest BCUT2D eigenvalue weighted by Gasteiger charge is 2.25. The van der Waals surface area contributed by atoms with Crippen LogP contribution in [0.15, 0.2) is 0 Å². The number of carboxylic acids is 2. The number of aliphatic hydroxyl groups is 1. The molecule has 0 aromatic carbocycles. The third kappa shape index (κ3) is 14.6. The molecular formula is C18H32N4O9S. The first-order valence-electron chi connectivity index (χ1n) is 9.69. The van der Waals surface area contributed by atoms with E-state index in [1.165, 1.54) is 0 Å². The number of quaternary nitrogens is 1. The fourth-order valence-electron chi connectivity index (χ4n) is 2.48. The minimum absolute atomic E-state index is 0.0110. The zero-order valence-corrected chi connectivity index (χ0v) is 19.2. The fourth-order valence-corrected chi connectivity index (χ4v) is 3.06. The molecule has 13 nitrogen and oxygen atoms in total. The predicted molar refractivity (Wildman–Crippen MR) is 112 cm³/mol. The van der Waals surface area contributed by atoms with Crippen molar-refractivity contribution < 1.29 is 48.5 Å². The number of nitrogens with two attached hydrogens (primary N) is 1. The second-order valence-electron chi connectivity index (χ2n) is 7.98. The number of thioether (sulfide) groups is 1. The summed E-state index contributed by atoms with van der Waals surface area (Å²) in [6, 6.07) is -2.34. The van der Waals surface area contributed by atoms with Crippen LogP contribution in [0.3, 0.4) is 0 Å². The standard InChI is InChI=1S/C18H32N4O9S/c1-22(2,3)8-11(6-15(25)26)31-16(27)7-20-17(28)13(9-32-10-23)21-14(24)5-4-12(19)18(29)30/h11-13,23H,4-10,19H2,1-3H3,(H3-,20,21,24,25,26,28,29,30). The largest absolute Gasteiger partial charge is 0.550 e. The maximum absolute atomic E-state index is 12.4. The van der Waals surface area contributed by atoms with Crippen molar-refractivity contribution in [2.45, 2.75) is 37.5 Å². The minimum atomic E-state index is -1.38. The number of esters is 1. The van der Waals surface area contributed by atoms with Gasteiger partial charge < -0.3 is 45.7 Å². The van der Waals surface area contributed by atoms with E-state index in [4.69, 9.17) is 20.7 Å². The quantitative estimate of drug-likeness (QED) is 0.0822. The molecule has 0 saturated heterocycles. The van der Waals surface area contributed by atoms with Crippen LogP contribution >= 0.6 is 11.8 Å². The van der Waals surface area contributed by atoms with Crippen molar-refractivity contribution in [1.29, 1.82) is 0 Å². The average molecular weight is 481 g/mol. The highest BCUT2D eigenvalue weighted by molar-refractivity contribution is 7.99. The summed E-state index contributed by atoms with van der Waals surface area (Å²) >= 11 is 0.945. The van der Waals surface area contributed by atoms with Crippen LogP contribution in [0.2, 0.25) is 0 Å². The second kappa shape index (κ2) is 14.6. The van der Waals surface area contributed by atoms with Crippen molar-refractivity contribution in [1.82, 2.24) is 10.6 Å². The van der Waals surface area contributed by atoms with Gasteiger partial charge in [0.2, 0.25) is 11.8 Å². The molecule has 184 valence electrons. The molecule has 0 aliphatic heterocycles. The molecule has 0 aromatic heterocycles. The number of carbonyl (C=O) groups excluding carboxylic acids is 4. The Kier molecular flexibility index (Phi) is 13.5. The maximum atomic E-state index is 12.4. The Balaban J connectivity index is 4.81. The number of aliphatic hydroxyl groups excluding tert-OH is 1. The van der Waals surface area contributed by atoms with Gasteiger partial charge in [0.05, 0.1) is 27.1 Å². The van der Waals surface area contributed by atoms with E-state index in [9.17, 15) is 29.1 Å². The lowest BCUT2D eigenvalue weighted by atomic mass is 10.1. The first-order chi connectivity index (χ1) is 14.7. The maximum Gasteiger partial charge on any atom is 0.325 e. The summed E-state index contributed by atoms with van der Waals surface area (Å²) in [5.74, 6) is -5.20. The van der Waals surface area contributed by atoms with Crippen LogP contribution in [-0.4, -0.2) is 109 Å². The van der Waals surface area contributed by atoms with Crippen LogP contribution in [-0.2, 0) is 28.7 Å². The van der Waals surface area contributed by atoms with Crippen molar-refractivity contribution in [3.63, 3.8) is 0 Å². The van der Waals surface area contributed by atoms with Gasteiger partial charge in [0.1, 0.15) is 25.2 Å². The third-order valence-electron chi connectivity index (χ3n) is 3.88. The van der Waals surface area contributed by atoms with E-state index >= 15 is 0 Å². The summed E-state index contributed by atoms with van der Waals surface area (Å²) in [5, 5.41) is 33.3. The summed E-state index contributed by atoms with van der Waals surface area (Å²) < 4.78 is 5.45. The van der Waals surface area contributed by atoms with Crippen LogP contribution in [0.25, 0.3) is 0 Å². The van der Waals surface area contributed by atoms with E-state index in [1.807, 2.05) is 0 Å². The zero-order valence-electron chi connectivity index (χ0n) is 18.4. The van der Waals surface area contributed by atoms with Gasteiger partial charge in [0.25, 0.3) is 0 Å². The highest BCUT2D eigenvalue weighted by Crippen LogP contribution is 2.06. The Morgan fingerprint density at radius 3 is 2.31 bits per heavy atom. The molecule has 0 bridgehead atoms. The van der Waals surface area contributed by atoms with Crippen LogP contribution in [0, 0.1) is 0 Å². The van der Waals surface area contributed by atoms with Crippen LogP contribution in [0.1, 0.15) is 19.3 Å². The predicted octanol–water partition coefficient (Wildman–Crippen LogP) is -3.78. The van der Waals surface area contributed by atoms with Gasteiger partial charge in [0.15, 0.2) is 6.10 Å². The van der Waals surface area contributed by atoms with E-state index < -0.39 is 60.9 Å². The number of rotatable bonds is 16. The molecule has 3 atom stereocenters. The SMILES string of the molecule is C[N+](C)(C)CC(CC(=O)[O-])OC(=O)CNC(=O)C(CSCO)NC(=O)CCC(N)C(=O)O. The molecule has 0 aliphatic rings. The lowest BCUT2D eigenvalue weighted by Gasteiger charge is -2.29. The van der Waals surface area contributed by atoms with Gasteiger partial charge in [-0.1, -0.05) is 0 Å². The monoisotopic (exact) mass is 480 g/mol. The molecule has 0 aromatic rings. The van der Waals surface area contributed by atoms with Crippen LogP contribution in [0.4, 0.5) is 0 Å². The number of amides is 2. The molecule has 0 radical (unpaired) electrons. The van der Waals surface area contributed by atoms with Crippen molar-refractivity contribution >= 4 is 41.5 Å². The number of nitrogens with zero attached hydrogens (tertiary/aromatic N) is 1. The summed E-state index contributed by atoms with van der Waals surface area (Å²) in [6.45, 7) is -0.364. The lowest BCUT2D eigenvalue weighted by molar-refractivity contribution is -0.873. The number of hydrogen-bond donors (Lipinski definition) is 5. The molecule has 0 rings (SSSR count). The van der Waals surface area contributed by atoms with Gasteiger partial charge in [0, 0.05) is 24.6 Å². The lowest BCUT2D eigenvalue weighted by Crippen LogP contribution is -2.50. The molecule has 0 spiro atoms. The number of carbonyl (C=O) groups is 5. The minimum Gasteiger partial charge on any atom is -0.550 e. The van der Waals surface area contributed by atoms with Gasteiger partial charge >= 0.3 is 11.9 Å². The van der Waals surface area contributed by atoms with Crippen molar-refractivity contribution in [3.8, 4) is 0 Å². The summed E-state index contributed by atoms with van der Waals surface area (Å²) in [4.78, 5) is 58.0. The highest BCUT2D eigenvalue weighted by atomic mass is 32.2. The zero-order chi connectivity index (χ0) is 24.9. The Bertz CT molecular complexity index is 669. The summed E-state index contributed by atoms with van der Waals surface area (Å²) in [7, 11) is 5.36. The van der Waals surface area contributed by atoms with Crippen molar-refractivity contribution in [3.05, 3.63) is 0 Å². The van der Waals surface area contributed by atoms with E-state index in [0.717, 1.165) is 11.8 Å². The number of hydrogen-bond acceptors (Lipinski definition) is 10. The number of ether oxygens (including phenoxy) is 1. The summed E-state index contributed by atoms with van der Waals surface area (Å²) in [5.41, 5.74) is 5.34. The fraction of sp³-hybridized carbons (Fsp3) is 0.722. The summed E-state index contributed by atoms with van der Waals surface area (Å²) in [6.07, 6.45) is -1.83. The molecular weight excluding hydrogens is 448 g/mol.